The summed E-state index contributed by atoms with van der Waals surface area (Å²) >= 11 is 13.2. The van der Waals surface area contributed by atoms with Gasteiger partial charge in [-0.05, 0) is 30.7 Å². The summed E-state index contributed by atoms with van der Waals surface area (Å²) in [5.74, 6) is 1.76. The van der Waals surface area contributed by atoms with E-state index in [2.05, 4.69) is 4.98 Å². The average molecular weight is 236 g/mol. The molecule has 1 heterocycles. The van der Waals surface area contributed by atoms with Gasteiger partial charge in [-0.15, -0.1) is 23.4 Å². The van der Waals surface area contributed by atoms with Crippen molar-refractivity contribution in [1.29, 1.82) is 0 Å². The zero-order valence-corrected chi connectivity index (χ0v) is 9.50. The van der Waals surface area contributed by atoms with Crippen LogP contribution in [0.1, 0.15) is 12.8 Å². The van der Waals surface area contributed by atoms with E-state index < -0.39 is 0 Å². The highest BCUT2D eigenvalue weighted by molar-refractivity contribution is 7.99. The molecule has 0 radical (unpaired) electrons. The van der Waals surface area contributed by atoms with E-state index in [1.807, 2.05) is 12.1 Å². The van der Waals surface area contributed by atoms with Gasteiger partial charge in [-0.3, -0.25) is 0 Å². The van der Waals surface area contributed by atoms with Crippen LogP contribution in [-0.2, 0) is 0 Å². The van der Waals surface area contributed by atoms with Gasteiger partial charge in [0.15, 0.2) is 0 Å². The Kier molecular flexibility index (Phi) is 5.60. The van der Waals surface area contributed by atoms with Crippen LogP contribution in [0.15, 0.2) is 23.4 Å². The molecule has 0 amide bonds. The Balaban J connectivity index is 2.32. The molecule has 0 atom stereocenters. The van der Waals surface area contributed by atoms with Crippen molar-refractivity contribution in [3.05, 3.63) is 23.4 Å². The van der Waals surface area contributed by atoms with Crippen molar-refractivity contribution in [1.82, 2.24) is 4.98 Å². The molecule has 0 saturated heterocycles. The molecule has 0 N–H and O–H groups in total. The lowest BCUT2D eigenvalue weighted by atomic mass is 10.4. The van der Waals surface area contributed by atoms with Crippen LogP contribution in [-0.4, -0.2) is 16.6 Å². The van der Waals surface area contributed by atoms with Gasteiger partial charge in [0.05, 0.1) is 5.02 Å². The molecule has 13 heavy (non-hydrogen) atoms. The Bertz CT molecular complexity index is 255. The molecule has 0 aliphatic heterocycles. The van der Waals surface area contributed by atoms with Gasteiger partial charge in [0.1, 0.15) is 5.03 Å². The van der Waals surface area contributed by atoms with Crippen molar-refractivity contribution < 1.29 is 0 Å². The first kappa shape index (κ1) is 11.2. The van der Waals surface area contributed by atoms with Gasteiger partial charge >= 0.3 is 0 Å². The molecule has 1 aromatic rings. The minimum Gasteiger partial charge on any atom is -0.248 e. The molecular formula is C9H11Cl2NS. The van der Waals surface area contributed by atoms with Crippen LogP contribution in [0.5, 0.6) is 0 Å². The quantitative estimate of drug-likeness (QED) is 0.437. The number of unbranched alkanes of at least 4 members (excludes halogenated alkanes) is 1. The SMILES string of the molecule is ClCCCCSc1ncccc1Cl. The number of hydrogen-bond donors (Lipinski definition) is 0. The van der Waals surface area contributed by atoms with Gasteiger partial charge in [0.2, 0.25) is 0 Å². The number of pyridine rings is 1. The largest absolute Gasteiger partial charge is 0.248 e. The fraction of sp³-hybridized carbons (Fsp3) is 0.444. The normalized spacial score (nSPS) is 10.3. The average Bonchev–Trinajstić information content (AvgIpc) is 2.15. The van der Waals surface area contributed by atoms with Crippen molar-refractivity contribution in [2.75, 3.05) is 11.6 Å². The van der Waals surface area contributed by atoms with Crippen LogP contribution in [0.2, 0.25) is 5.02 Å². The van der Waals surface area contributed by atoms with Crippen LogP contribution in [0, 0.1) is 0 Å². The Morgan fingerprint density at radius 1 is 1.38 bits per heavy atom. The van der Waals surface area contributed by atoms with Gasteiger partial charge in [-0.1, -0.05) is 11.6 Å². The zero-order valence-electron chi connectivity index (χ0n) is 7.17. The minimum atomic E-state index is 0.733. The second-order valence-corrected chi connectivity index (χ2v) is 4.40. The maximum Gasteiger partial charge on any atom is 0.115 e. The number of thioether (sulfide) groups is 1. The number of halogens is 2. The molecule has 0 unspecified atom stereocenters. The highest BCUT2D eigenvalue weighted by Crippen LogP contribution is 2.24. The first-order chi connectivity index (χ1) is 6.34. The van der Waals surface area contributed by atoms with Crippen molar-refractivity contribution in [2.24, 2.45) is 0 Å². The van der Waals surface area contributed by atoms with E-state index in [1.54, 1.807) is 18.0 Å². The summed E-state index contributed by atoms with van der Waals surface area (Å²) in [7, 11) is 0. The molecule has 1 nitrogen and oxygen atoms in total. The van der Waals surface area contributed by atoms with Crippen molar-refractivity contribution in [2.45, 2.75) is 17.9 Å². The second kappa shape index (κ2) is 6.52. The lowest BCUT2D eigenvalue weighted by Crippen LogP contribution is -1.85. The van der Waals surface area contributed by atoms with E-state index in [1.165, 1.54) is 0 Å². The summed E-state index contributed by atoms with van der Waals surface area (Å²) in [4.78, 5) is 4.17. The summed E-state index contributed by atoms with van der Waals surface area (Å²) in [6.45, 7) is 0. The Labute approximate surface area is 92.8 Å². The molecule has 0 saturated carbocycles. The molecule has 1 rings (SSSR count). The van der Waals surface area contributed by atoms with Crippen LogP contribution in [0.3, 0.4) is 0 Å². The Morgan fingerprint density at radius 3 is 2.92 bits per heavy atom. The molecule has 0 aromatic carbocycles. The predicted molar refractivity (Wildman–Crippen MR) is 59.9 cm³/mol. The highest BCUT2D eigenvalue weighted by Gasteiger charge is 1.99. The number of rotatable bonds is 5. The zero-order chi connectivity index (χ0) is 9.52. The third-order valence-corrected chi connectivity index (χ3v) is 3.27. The Hall–Kier alpha value is 0.0800. The van der Waals surface area contributed by atoms with Crippen molar-refractivity contribution in [3.63, 3.8) is 0 Å². The number of hydrogen-bond acceptors (Lipinski definition) is 2. The maximum absolute atomic E-state index is 5.93. The van der Waals surface area contributed by atoms with Gasteiger partial charge in [-0.2, -0.15) is 0 Å². The van der Waals surface area contributed by atoms with Gasteiger partial charge in [-0.25, -0.2) is 4.98 Å². The van der Waals surface area contributed by atoms with Gasteiger partial charge in [0, 0.05) is 12.1 Å². The summed E-state index contributed by atoms with van der Waals surface area (Å²) in [5.41, 5.74) is 0. The number of alkyl halides is 1. The van der Waals surface area contributed by atoms with E-state index in [0.717, 1.165) is 34.5 Å². The summed E-state index contributed by atoms with van der Waals surface area (Å²) in [6.07, 6.45) is 3.93. The van der Waals surface area contributed by atoms with Crippen LogP contribution >= 0.6 is 35.0 Å². The minimum absolute atomic E-state index is 0.733. The smallest absolute Gasteiger partial charge is 0.115 e. The van der Waals surface area contributed by atoms with Gasteiger partial charge in [0.25, 0.3) is 0 Å². The molecular weight excluding hydrogens is 225 g/mol. The van der Waals surface area contributed by atoms with Crippen molar-refractivity contribution in [3.8, 4) is 0 Å². The first-order valence-electron chi connectivity index (χ1n) is 4.14. The lowest BCUT2D eigenvalue weighted by Gasteiger charge is -2.01. The standard InChI is InChI=1S/C9H11Cl2NS/c10-5-1-2-7-13-9-8(11)4-3-6-12-9/h3-4,6H,1-2,5,7H2. The van der Waals surface area contributed by atoms with Crippen LogP contribution in [0.4, 0.5) is 0 Å². The van der Waals surface area contributed by atoms with E-state index in [0.29, 0.717) is 0 Å². The van der Waals surface area contributed by atoms with E-state index in [4.69, 9.17) is 23.2 Å². The monoisotopic (exact) mass is 235 g/mol. The molecule has 0 aliphatic carbocycles. The summed E-state index contributed by atoms with van der Waals surface area (Å²) < 4.78 is 0. The molecule has 0 aliphatic rings. The first-order valence-corrected chi connectivity index (χ1v) is 6.03. The molecule has 4 heteroatoms. The van der Waals surface area contributed by atoms with E-state index >= 15 is 0 Å². The molecule has 1 aromatic heterocycles. The van der Waals surface area contributed by atoms with E-state index in [-0.39, 0.29) is 0 Å². The highest BCUT2D eigenvalue weighted by atomic mass is 35.5. The Morgan fingerprint density at radius 2 is 2.23 bits per heavy atom. The third kappa shape index (κ3) is 4.21. The maximum atomic E-state index is 5.93. The van der Waals surface area contributed by atoms with E-state index in [9.17, 15) is 0 Å². The van der Waals surface area contributed by atoms with Crippen LogP contribution < -0.4 is 0 Å². The molecule has 72 valence electrons. The van der Waals surface area contributed by atoms with Crippen molar-refractivity contribution >= 4 is 35.0 Å². The topological polar surface area (TPSA) is 12.9 Å². The third-order valence-electron chi connectivity index (χ3n) is 1.49. The lowest BCUT2D eigenvalue weighted by molar-refractivity contribution is 0.901. The number of nitrogens with zero attached hydrogens (tertiary/aromatic N) is 1. The van der Waals surface area contributed by atoms with Crippen LogP contribution in [0.25, 0.3) is 0 Å². The molecule has 0 fully saturated rings. The molecule has 0 bridgehead atoms. The predicted octanol–water partition coefficient (Wildman–Crippen LogP) is 3.85. The van der Waals surface area contributed by atoms with Gasteiger partial charge < -0.3 is 0 Å². The molecule has 0 spiro atoms. The fourth-order valence-corrected chi connectivity index (χ4v) is 2.20. The fourth-order valence-electron chi connectivity index (χ4n) is 0.843. The summed E-state index contributed by atoms with van der Waals surface area (Å²) in [6, 6.07) is 3.70. The second-order valence-electron chi connectivity index (χ2n) is 2.53. The summed E-state index contributed by atoms with van der Waals surface area (Å²) in [5, 5.41) is 1.65. The number of aromatic nitrogens is 1.